The third-order valence-electron chi connectivity index (χ3n) is 4.84. The molecule has 0 aromatic heterocycles. The summed E-state index contributed by atoms with van der Waals surface area (Å²) in [6, 6.07) is 8.32. The van der Waals surface area contributed by atoms with E-state index in [1.165, 1.54) is 37.7 Å². The molecule has 1 aromatic rings. The first-order chi connectivity index (χ1) is 10.2. The number of nitrogens with two attached hydrogens (primary N) is 1. The Bertz CT molecular complexity index is 445. The van der Waals surface area contributed by atoms with Crippen molar-refractivity contribution in [2.45, 2.75) is 64.2 Å². The summed E-state index contributed by atoms with van der Waals surface area (Å²) in [5.74, 6) is 1.61. The van der Waals surface area contributed by atoms with Crippen LogP contribution in [0.1, 0.15) is 80.1 Å². The van der Waals surface area contributed by atoms with E-state index >= 15 is 0 Å². The molecule has 0 amide bonds. The van der Waals surface area contributed by atoms with Gasteiger partial charge in [0.15, 0.2) is 5.78 Å². The van der Waals surface area contributed by atoms with Gasteiger partial charge in [0, 0.05) is 12.0 Å². The maximum Gasteiger partial charge on any atom is 0.162 e. The zero-order chi connectivity index (χ0) is 15.1. The lowest BCUT2D eigenvalue weighted by Gasteiger charge is -2.26. The quantitative estimate of drug-likeness (QED) is 0.670. The SMILES string of the molecule is CCCC(CCN)CCC(=O)c1cccc(C2CCC2)c1. The molecule has 2 N–H and O–H groups in total. The highest BCUT2D eigenvalue weighted by Crippen LogP contribution is 2.36. The van der Waals surface area contributed by atoms with Crippen LogP contribution in [0.4, 0.5) is 0 Å². The molecule has 1 aliphatic carbocycles. The zero-order valence-electron chi connectivity index (χ0n) is 13.3. The normalized spacial score (nSPS) is 16.5. The zero-order valence-corrected chi connectivity index (χ0v) is 13.3. The summed E-state index contributed by atoms with van der Waals surface area (Å²) in [7, 11) is 0. The first-order valence-corrected chi connectivity index (χ1v) is 8.57. The predicted molar refractivity (Wildman–Crippen MR) is 88.7 cm³/mol. The lowest BCUT2D eigenvalue weighted by atomic mass is 9.79. The van der Waals surface area contributed by atoms with Gasteiger partial charge < -0.3 is 5.73 Å². The highest BCUT2D eigenvalue weighted by molar-refractivity contribution is 5.96. The van der Waals surface area contributed by atoms with Crippen LogP contribution in [-0.4, -0.2) is 12.3 Å². The molecule has 0 heterocycles. The number of hydrogen-bond acceptors (Lipinski definition) is 2. The van der Waals surface area contributed by atoms with Crippen LogP contribution in [0.3, 0.4) is 0 Å². The van der Waals surface area contributed by atoms with Crippen LogP contribution in [0.5, 0.6) is 0 Å². The molecule has 1 atom stereocenters. The maximum absolute atomic E-state index is 12.4. The lowest BCUT2D eigenvalue weighted by Crippen LogP contribution is -2.12. The summed E-state index contributed by atoms with van der Waals surface area (Å²) in [5.41, 5.74) is 7.93. The first kappa shape index (κ1) is 16.2. The average molecular weight is 287 g/mol. The number of hydrogen-bond donors (Lipinski definition) is 1. The minimum absolute atomic E-state index is 0.300. The molecule has 1 fully saturated rings. The fourth-order valence-corrected chi connectivity index (χ4v) is 3.26. The molecule has 0 radical (unpaired) electrons. The second-order valence-corrected chi connectivity index (χ2v) is 6.45. The lowest BCUT2D eigenvalue weighted by molar-refractivity contribution is 0.0972. The van der Waals surface area contributed by atoms with Crippen LogP contribution >= 0.6 is 0 Å². The van der Waals surface area contributed by atoms with E-state index in [0.29, 0.717) is 24.0 Å². The number of rotatable bonds is 9. The Morgan fingerprint density at radius 2 is 2.10 bits per heavy atom. The Kier molecular flexibility index (Phi) is 6.44. The Morgan fingerprint density at radius 1 is 1.29 bits per heavy atom. The largest absolute Gasteiger partial charge is 0.330 e. The molecule has 1 saturated carbocycles. The number of carbonyl (C=O) groups excluding carboxylic acids is 1. The molecule has 2 rings (SSSR count). The molecule has 21 heavy (non-hydrogen) atoms. The minimum atomic E-state index is 0.300. The molecule has 0 aliphatic heterocycles. The summed E-state index contributed by atoms with van der Waals surface area (Å²) in [4.78, 5) is 12.4. The maximum atomic E-state index is 12.4. The Balaban J connectivity index is 1.90. The van der Waals surface area contributed by atoms with Gasteiger partial charge in [-0.25, -0.2) is 0 Å². The van der Waals surface area contributed by atoms with Crippen LogP contribution in [0.2, 0.25) is 0 Å². The molecule has 0 saturated heterocycles. The van der Waals surface area contributed by atoms with Gasteiger partial charge in [0.25, 0.3) is 0 Å². The molecular formula is C19H29NO. The van der Waals surface area contributed by atoms with E-state index < -0.39 is 0 Å². The summed E-state index contributed by atoms with van der Waals surface area (Å²) in [5, 5.41) is 0. The van der Waals surface area contributed by atoms with Gasteiger partial charge in [-0.05, 0) is 55.7 Å². The molecular weight excluding hydrogens is 258 g/mol. The van der Waals surface area contributed by atoms with Gasteiger partial charge in [0.2, 0.25) is 0 Å². The number of ketones is 1. The van der Waals surface area contributed by atoms with Crippen molar-refractivity contribution in [3.63, 3.8) is 0 Å². The van der Waals surface area contributed by atoms with Crippen molar-refractivity contribution in [1.82, 2.24) is 0 Å². The monoisotopic (exact) mass is 287 g/mol. The summed E-state index contributed by atoms with van der Waals surface area (Å²) >= 11 is 0. The molecule has 1 aliphatic rings. The molecule has 0 spiro atoms. The van der Waals surface area contributed by atoms with Crippen molar-refractivity contribution in [2.75, 3.05) is 6.54 Å². The Labute approximate surface area is 129 Å². The van der Waals surface area contributed by atoms with E-state index in [-0.39, 0.29) is 0 Å². The van der Waals surface area contributed by atoms with E-state index in [1.807, 2.05) is 12.1 Å². The van der Waals surface area contributed by atoms with Gasteiger partial charge in [-0.1, -0.05) is 44.4 Å². The van der Waals surface area contributed by atoms with Gasteiger partial charge >= 0.3 is 0 Å². The average Bonchev–Trinajstić information content (AvgIpc) is 2.43. The van der Waals surface area contributed by atoms with Crippen LogP contribution in [0.15, 0.2) is 24.3 Å². The molecule has 0 bridgehead atoms. The van der Waals surface area contributed by atoms with Gasteiger partial charge in [0.1, 0.15) is 0 Å². The predicted octanol–water partition coefficient (Wildman–Crippen LogP) is 4.68. The van der Waals surface area contributed by atoms with Crippen molar-refractivity contribution >= 4 is 5.78 Å². The number of carbonyl (C=O) groups is 1. The molecule has 116 valence electrons. The first-order valence-electron chi connectivity index (χ1n) is 8.57. The molecule has 2 nitrogen and oxygen atoms in total. The summed E-state index contributed by atoms with van der Waals surface area (Å²) in [6.45, 7) is 2.93. The Hall–Kier alpha value is -1.15. The summed E-state index contributed by atoms with van der Waals surface area (Å²) in [6.07, 6.45) is 8.96. The number of Topliss-reactive ketones (excluding diaryl/α,β-unsaturated/α-hetero) is 1. The van der Waals surface area contributed by atoms with Crippen LogP contribution in [0.25, 0.3) is 0 Å². The van der Waals surface area contributed by atoms with E-state index in [9.17, 15) is 4.79 Å². The van der Waals surface area contributed by atoms with Crippen LogP contribution < -0.4 is 5.73 Å². The van der Waals surface area contributed by atoms with E-state index in [1.54, 1.807) is 0 Å². The van der Waals surface area contributed by atoms with Crippen molar-refractivity contribution in [3.8, 4) is 0 Å². The van der Waals surface area contributed by atoms with Gasteiger partial charge in [0.05, 0.1) is 0 Å². The Morgan fingerprint density at radius 3 is 2.71 bits per heavy atom. The second kappa shape index (κ2) is 8.33. The van der Waals surface area contributed by atoms with Gasteiger partial charge in [-0.3, -0.25) is 4.79 Å². The van der Waals surface area contributed by atoms with Crippen LogP contribution in [-0.2, 0) is 0 Å². The van der Waals surface area contributed by atoms with Crippen molar-refractivity contribution in [2.24, 2.45) is 11.7 Å². The highest BCUT2D eigenvalue weighted by Gasteiger charge is 2.20. The molecule has 1 unspecified atom stereocenters. The van der Waals surface area contributed by atoms with Gasteiger partial charge in [-0.15, -0.1) is 0 Å². The fourth-order valence-electron chi connectivity index (χ4n) is 3.26. The van der Waals surface area contributed by atoms with E-state index in [2.05, 4.69) is 19.1 Å². The highest BCUT2D eigenvalue weighted by atomic mass is 16.1. The fraction of sp³-hybridized carbons (Fsp3) is 0.632. The smallest absolute Gasteiger partial charge is 0.162 e. The molecule has 2 heteroatoms. The van der Waals surface area contributed by atoms with Crippen molar-refractivity contribution in [1.29, 1.82) is 0 Å². The number of benzene rings is 1. The standard InChI is InChI=1S/C19H29NO/c1-2-5-15(12-13-20)10-11-19(21)18-9-4-8-17(14-18)16-6-3-7-16/h4,8-9,14-16H,2-3,5-7,10-13,20H2,1H3. The summed E-state index contributed by atoms with van der Waals surface area (Å²) < 4.78 is 0. The van der Waals surface area contributed by atoms with Crippen molar-refractivity contribution < 1.29 is 4.79 Å². The second-order valence-electron chi connectivity index (χ2n) is 6.45. The molecule has 1 aromatic carbocycles. The minimum Gasteiger partial charge on any atom is -0.330 e. The van der Waals surface area contributed by atoms with Gasteiger partial charge in [-0.2, -0.15) is 0 Å². The third-order valence-corrected chi connectivity index (χ3v) is 4.84. The van der Waals surface area contributed by atoms with Crippen LogP contribution in [0, 0.1) is 5.92 Å². The van der Waals surface area contributed by atoms with E-state index in [0.717, 1.165) is 24.9 Å². The topological polar surface area (TPSA) is 43.1 Å². The van der Waals surface area contributed by atoms with Crippen molar-refractivity contribution in [3.05, 3.63) is 35.4 Å². The van der Waals surface area contributed by atoms with E-state index in [4.69, 9.17) is 5.73 Å². The third kappa shape index (κ3) is 4.67.